The van der Waals surface area contributed by atoms with Gasteiger partial charge in [-0.05, 0) is 47.8 Å². The molecule has 5 amide bonds. The van der Waals surface area contributed by atoms with Crippen LogP contribution in [0.2, 0.25) is 0 Å². The van der Waals surface area contributed by atoms with Crippen LogP contribution in [0.1, 0.15) is 83.2 Å². The minimum atomic E-state index is -1.11. The maximum atomic E-state index is 14.2. The van der Waals surface area contributed by atoms with Gasteiger partial charge in [-0.1, -0.05) is 61.3 Å². The molecule has 0 aromatic carbocycles. The number of carbonyl (C=O) groups is 6. The van der Waals surface area contributed by atoms with Gasteiger partial charge in [-0.2, -0.15) is 0 Å². The van der Waals surface area contributed by atoms with Gasteiger partial charge in [0, 0.05) is 17.6 Å². The monoisotopic (exact) mass is 630 g/mol. The first-order valence-electron chi connectivity index (χ1n) is 15.3. The van der Waals surface area contributed by atoms with E-state index in [4.69, 9.17) is 5.73 Å². The lowest BCUT2D eigenvalue weighted by Gasteiger charge is -2.38. The minimum absolute atomic E-state index is 0.0649. The van der Waals surface area contributed by atoms with E-state index in [0.717, 1.165) is 12.8 Å². The average Bonchev–Trinajstić information content (AvgIpc) is 3.67. The van der Waals surface area contributed by atoms with Gasteiger partial charge in [0.25, 0.3) is 5.91 Å². The van der Waals surface area contributed by atoms with E-state index in [2.05, 4.69) is 20.9 Å². The fourth-order valence-corrected chi connectivity index (χ4v) is 7.20. The van der Waals surface area contributed by atoms with Crippen LogP contribution < -0.4 is 21.7 Å². The van der Waals surface area contributed by atoms with Gasteiger partial charge < -0.3 is 26.6 Å². The molecule has 3 aliphatic rings. The summed E-state index contributed by atoms with van der Waals surface area (Å²) in [6, 6.07) is -4.49. The molecule has 3 fully saturated rings. The Morgan fingerprint density at radius 3 is 2.23 bits per heavy atom. The van der Waals surface area contributed by atoms with Crippen LogP contribution in [0.4, 0.5) is 4.79 Å². The van der Waals surface area contributed by atoms with Gasteiger partial charge >= 0.3 is 6.03 Å². The zero-order valence-electron chi connectivity index (χ0n) is 26.9. The van der Waals surface area contributed by atoms with Crippen LogP contribution in [0.25, 0.3) is 0 Å². The van der Waals surface area contributed by atoms with Gasteiger partial charge in [0.2, 0.25) is 23.4 Å². The number of ketones is 2. The molecule has 6 atom stereocenters. The fourth-order valence-electron chi connectivity index (χ4n) is 6.42. The molecular formula is C31H46N6O6S. The van der Waals surface area contributed by atoms with Crippen LogP contribution in [-0.2, 0) is 19.2 Å². The van der Waals surface area contributed by atoms with Gasteiger partial charge in [0.1, 0.15) is 12.1 Å². The molecule has 1 aromatic heterocycles. The molecule has 0 bridgehead atoms. The van der Waals surface area contributed by atoms with E-state index in [-0.39, 0.29) is 34.9 Å². The minimum Gasteiger partial charge on any atom is -0.363 e. The van der Waals surface area contributed by atoms with Crippen molar-refractivity contribution in [2.75, 3.05) is 6.54 Å². The van der Waals surface area contributed by atoms with Crippen molar-refractivity contribution in [1.82, 2.24) is 25.8 Å². The van der Waals surface area contributed by atoms with E-state index < -0.39 is 59.1 Å². The molecule has 12 nitrogen and oxygen atoms in total. The second-order valence-electron chi connectivity index (χ2n) is 14.7. The number of primary amides is 1. The van der Waals surface area contributed by atoms with Gasteiger partial charge in [0.15, 0.2) is 5.01 Å². The van der Waals surface area contributed by atoms with E-state index in [0.29, 0.717) is 23.7 Å². The molecule has 13 heteroatoms. The molecule has 5 N–H and O–H groups in total. The van der Waals surface area contributed by atoms with Crippen molar-refractivity contribution in [3.63, 3.8) is 0 Å². The number of hydrogen-bond acceptors (Lipinski definition) is 8. The maximum absolute atomic E-state index is 14.2. The quantitative estimate of drug-likeness (QED) is 0.202. The van der Waals surface area contributed by atoms with Crippen LogP contribution in [0.3, 0.4) is 0 Å². The Balaban J connectivity index is 1.53. The molecule has 1 aromatic rings. The summed E-state index contributed by atoms with van der Waals surface area (Å²) in [7, 11) is 0. The van der Waals surface area contributed by atoms with Crippen molar-refractivity contribution in [2.24, 2.45) is 40.2 Å². The Morgan fingerprint density at radius 2 is 1.73 bits per heavy atom. The molecule has 242 valence electrons. The van der Waals surface area contributed by atoms with E-state index in [9.17, 15) is 28.8 Å². The van der Waals surface area contributed by atoms with Crippen LogP contribution in [-0.4, -0.2) is 75.9 Å². The first-order valence-corrected chi connectivity index (χ1v) is 16.2. The number of likely N-dealkylation sites (tertiary alicyclic amines) is 1. The average molecular weight is 631 g/mol. The van der Waals surface area contributed by atoms with E-state index >= 15 is 0 Å². The van der Waals surface area contributed by atoms with Gasteiger partial charge in [-0.15, -0.1) is 11.3 Å². The van der Waals surface area contributed by atoms with Crippen LogP contribution in [0.5, 0.6) is 0 Å². The highest BCUT2D eigenvalue weighted by molar-refractivity contribution is 7.11. The van der Waals surface area contributed by atoms with Crippen molar-refractivity contribution in [3.8, 4) is 0 Å². The highest BCUT2D eigenvalue weighted by atomic mass is 32.1. The second-order valence-corrected chi connectivity index (χ2v) is 15.5. The topological polar surface area (TPSA) is 181 Å². The number of aromatic nitrogens is 1. The molecular weight excluding hydrogens is 584 g/mol. The number of fused-ring (bicyclic) bond motifs is 1. The number of nitrogens with one attached hydrogen (secondary N) is 3. The number of Topliss-reactive ketones (excluding diaryl/α,β-unsaturated/α-hetero) is 2. The number of rotatable bonds is 12. The first-order chi connectivity index (χ1) is 20.3. The Kier molecular flexibility index (Phi) is 9.31. The molecule has 2 aliphatic carbocycles. The number of piperidine rings is 1. The Bertz CT molecular complexity index is 1350. The van der Waals surface area contributed by atoms with Crippen molar-refractivity contribution >= 4 is 46.7 Å². The number of aryl methyl sites for hydroxylation is 1. The lowest BCUT2D eigenvalue weighted by Crippen LogP contribution is -2.62. The molecule has 2 heterocycles. The molecule has 0 radical (unpaired) electrons. The highest BCUT2D eigenvalue weighted by Crippen LogP contribution is 2.65. The number of urea groups is 1. The molecule has 2 unspecified atom stereocenters. The molecule has 2 saturated carbocycles. The van der Waals surface area contributed by atoms with Crippen LogP contribution in [0, 0.1) is 41.4 Å². The van der Waals surface area contributed by atoms with Crippen molar-refractivity contribution in [3.05, 3.63) is 16.1 Å². The number of nitrogens with zero attached hydrogens (tertiary/aromatic N) is 2. The largest absolute Gasteiger partial charge is 0.363 e. The third kappa shape index (κ3) is 6.97. The lowest BCUT2D eigenvalue weighted by atomic mass is 9.85. The van der Waals surface area contributed by atoms with Crippen molar-refractivity contribution in [1.29, 1.82) is 0 Å². The Labute approximate surface area is 262 Å². The summed E-state index contributed by atoms with van der Waals surface area (Å²) in [6.07, 6.45) is 2.16. The summed E-state index contributed by atoms with van der Waals surface area (Å²) in [5.41, 5.74) is 5.05. The van der Waals surface area contributed by atoms with Crippen molar-refractivity contribution < 1.29 is 28.8 Å². The molecule has 1 saturated heterocycles. The van der Waals surface area contributed by atoms with Crippen LogP contribution >= 0.6 is 11.3 Å². The zero-order valence-corrected chi connectivity index (χ0v) is 27.7. The molecule has 0 spiro atoms. The lowest BCUT2D eigenvalue weighted by molar-refractivity contribution is -0.145. The fraction of sp³-hybridized carbons (Fsp3) is 0.710. The summed E-state index contributed by atoms with van der Waals surface area (Å²) in [5, 5.41) is 10.4. The number of amides is 5. The number of nitrogens with two attached hydrogens (primary N) is 1. The normalized spacial score (nSPS) is 24.1. The smallest absolute Gasteiger partial charge is 0.316 e. The highest BCUT2D eigenvalue weighted by Gasteiger charge is 2.70. The summed E-state index contributed by atoms with van der Waals surface area (Å²) in [5.74, 6) is -3.27. The van der Waals surface area contributed by atoms with Gasteiger partial charge in [-0.25, -0.2) is 9.78 Å². The van der Waals surface area contributed by atoms with Gasteiger partial charge in [0.05, 0.1) is 12.1 Å². The van der Waals surface area contributed by atoms with Crippen LogP contribution in [0.15, 0.2) is 5.38 Å². The van der Waals surface area contributed by atoms with E-state index in [1.54, 1.807) is 12.3 Å². The molecule has 1 aliphatic heterocycles. The number of hydrogen-bond donors (Lipinski definition) is 4. The number of carbonyl (C=O) groups excluding carboxylic acids is 6. The molecule has 4 rings (SSSR count). The summed E-state index contributed by atoms with van der Waals surface area (Å²) in [4.78, 5) is 84.6. The predicted octanol–water partition coefficient (Wildman–Crippen LogP) is 2.20. The second kappa shape index (κ2) is 12.2. The Hall–Kier alpha value is -3.35. The summed E-state index contributed by atoms with van der Waals surface area (Å²) >= 11 is 1.21. The van der Waals surface area contributed by atoms with E-state index in [1.165, 1.54) is 16.2 Å². The first kappa shape index (κ1) is 33.5. The zero-order chi connectivity index (χ0) is 32.9. The number of thiazole rings is 1. The third-order valence-electron chi connectivity index (χ3n) is 9.36. The SMILES string of the molecule is Cc1csc(C(=O)[C@@H](NC(=O)N[C@H](C(=O)N2CC3[C@@H]([C@H]2C(=O)NC(CC2CC2)C(=O)C(N)=O)C3(C)C)C(C)(C)C)C(C)C)n1. The predicted molar refractivity (Wildman–Crippen MR) is 164 cm³/mol. The van der Waals surface area contributed by atoms with E-state index in [1.807, 2.05) is 48.5 Å². The Morgan fingerprint density at radius 1 is 1.09 bits per heavy atom. The van der Waals surface area contributed by atoms with Crippen molar-refractivity contribution in [2.45, 2.75) is 98.8 Å². The maximum Gasteiger partial charge on any atom is 0.316 e. The standard InChI is InChI=1S/C31H46N6O6S/c1-14(2)20(23(39)27-33-15(3)13-44-27)35-29(43)36-24(30(4,5)6)28(42)37-12-17-19(31(17,7)8)21(37)26(41)34-18(11-16-9-10-16)22(38)25(32)40/h13-14,16-21,24H,9-12H2,1-8H3,(H2,32,40)(H,34,41)(H2,35,36,43)/t17?,18?,19-,20-,21-,24+/m0/s1. The third-order valence-corrected chi connectivity index (χ3v) is 10.3. The summed E-state index contributed by atoms with van der Waals surface area (Å²) < 4.78 is 0. The summed E-state index contributed by atoms with van der Waals surface area (Å²) in [6.45, 7) is 15.3. The molecule has 44 heavy (non-hydrogen) atoms. The van der Waals surface area contributed by atoms with Gasteiger partial charge in [-0.3, -0.25) is 24.0 Å².